The molecule has 0 aliphatic heterocycles. The molecule has 3 aromatic rings. The Bertz CT molecular complexity index is 1210. The summed E-state index contributed by atoms with van der Waals surface area (Å²) in [6.45, 7) is 1.52. The molecule has 0 aromatic heterocycles. The van der Waals surface area contributed by atoms with Gasteiger partial charge in [-0.3, -0.25) is 9.59 Å². The van der Waals surface area contributed by atoms with Gasteiger partial charge in [0, 0.05) is 61.7 Å². The maximum Gasteiger partial charge on any atom is 0.251 e. The molecule has 1 unspecified atom stereocenters. The molecule has 3 aromatic carbocycles. The van der Waals surface area contributed by atoms with Crippen molar-refractivity contribution in [2.75, 3.05) is 19.0 Å². The van der Waals surface area contributed by atoms with Crippen LogP contribution in [0.4, 0.5) is 23.2 Å². The molecule has 5 nitrogen and oxygen atoms in total. The van der Waals surface area contributed by atoms with Gasteiger partial charge in [0.25, 0.3) is 5.91 Å². The van der Waals surface area contributed by atoms with Crippen molar-refractivity contribution in [3.05, 3.63) is 100 Å². The topological polar surface area (TPSA) is 52.7 Å². The Labute approximate surface area is 201 Å². The number of amides is 2. The van der Waals surface area contributed by atoms with Crippen LogP contribution in [0.3, 0.4) is 0 Å². The fraction of sp³-hybridized carbons (Fsp3) is 0.231. The van der Waals surface area contributed by atoms with Gasteiger partial charge in [0.15, 0.2) is 0 Å². The zero-order chi connectivity index (χ0) is 25.7. The first-order chi connectivity index (χ1) is 16.6. The Hall–Kier alpha value is -3.88. The monoisotopic (exact) mass is 487 g/mol. The van der Waals surface area contributed by atoms with Crippen LogP contribution in [-0.4, -0.2) is 31.3 Å². The lowest BCUT2D eigenvalue weighted by Gasteiger charge is -2.29. The van der Waals surface area contributed by atoms with Gasteiger partial charge in [-0.15, -0.1) is 0 Å². The van der Waals surface area contributed by atoms with Crippen LogP contribution in [0.5, 0.6) is 0 Å². The average Bonchev–Trinajstić information content (AvgIpc) is 2.83. The predicted molar refractivity (Wildman–Crippen MR) is 125 cm³/mol. The van der Waals surface area contributed by atoms with Crippen molar-refractivity contribution in [2.45, 2.75) is 26.1 Å². The van der Waals surface area contributed by atoms with E-state index >= 15 is 0 Å². The van der Waals surface area contributed by atoms with Gasteiger partial charge in [-0.05, 0) is 30.7 Å². The summed E-state index contributed by atoms with van der Waals surface area (Å²) in [5.74, 6) is -4.25. The van der Waals surface area contributed by atoms with Gasteiger partial charge < -0.3 is 15.1 Å². The van der Waals surface area contributed by atoms with Gasteiger partial charge in [0.05, 0.1) is 6.04 Å². The van der Waals surface area contributed by atoms with Crippen LogP contribution in [0.25, 0.3) is 0 Å². The van der Waals surface area contributed by atoms with E-state index in [-0.39, 0.29) is 24.0 Å². The normalized spacial score (nSPS) is 11.6. The van der Waals surface area contributed by atoms with Crippen LogP contribution in [0, 0.1) is 23.3 Å². The largest absolute Gasteiger partial charge is 0.370 e. The number of benzene rings is 3. The first kappa shape index (κ1) is 25.7. The van der Waals surface area contributed by atoms with Crippen molar-refractivity contribution in [3.63, 3.8) is 0 Å². The first-order valence-corrected chi connectivity index (χ1v) is 10.8. The number of carbonyl (C=O) groups is 2. The van der Waals surface area contributed by atoms with Gasteiger partial charge >= 0.3 is 0 Å². The molecule has 35 heavy (non-hydrogen) atoms. The summed E-state index contributed by atoms with van der Waals surface area (Å²) in [4.78, 5) is 27.3. The second-order valence-corrected chi connectivity index (χ2v) is 8.20. The molecule has 0 aliphatic carbocycles. The highest BCUT2D eigenvalue weighted by Gasteiger charge is 2.20. The van der Waals surface area contributed by atoms with E-state index in [4.69, 9.17) is 0 Å². The Morgan fingerprint density at radius 1 is 0.971 bits per heavy atom. The number of carbonyl (C=O) groups excluding carboxylic acids is 2. The Balaban J connectivity index is 1.90. The van der Waals surface area contributed by atoms with Crippen LogP contribution < -0.4 is 10.2 Å². The second-order valence-electron chi connectivity index (χ2n) is 8.20. The van der Waals surface area contributed by atoms with Gasteiger partial charge in [0.2, 0.25) is 6.41 Å². The quantitative estimate of drug-likeness (QED) is 0.343. The van der Waals surface area contributed by atoms with Gasteiger partial charge in [-0.2, -0.15) is 0 Å². The maximum absolute atomic E-state index is 14.2. The SMILES string of the molecule is CC(c1ccc(C(=O)NCc2c(F)cc(F)cc2F)cc1N(C)Cc1ccccc1F)N(C)C=O. The van der Waals surface area contributed by atoms with E-state index in [9.17, 15) is 27.2 Å². The molecule has 9 heteroatoms. The maximum atomic E-state index is 14.2. The smallest absolute Gasteiger partial charge is 0.251 e. The minimum Gasteiger partial charge on any atom is -0.370 e. The molecule has 0 aliphatic rings. The Morgan fingerprint density at radius 3 is 2.26 bits per heavy atom. The number of halogens is 4. The number of rotatable bonds is 9. The van der Waals surface area contributed by atoms with Crippen molar-refractivity contribution in [3.8, 4) is 0 Å². The third-order valence-corrected chi connectivity index (χ3v) is 5.83. The molecule has 0 bridgehead atoms. The standard InChI is InChI=1S/C26H25F4N3O2/c1-16(33(3)15-34)20-9-8-17(10-25(20)32(2)14-18-6-4-5-7-22(18)28)26(35)31-13-21-23(29)11-19(27)12-24(21)30/h4-12,15-16H,13-14H2,1-3H3,(H,31,35). The zero-order valence-corrected chi connectivity index (χ0v) is 19.5. The zero-order valence-electron chi connectivity index (χ0n) is 19.5. The highest BCUT2D eigenvalue weighted by atomic mass is 19.1. The van der Waals surface area contributed by atoms with Crippen molar-refractivity contribution < 1.29 is 27.2 Å². The van der Waals surface area contributed by atoms with E-state index < -0.39 is 35.5 Å². The summed E-state index contributed by atoms with van der Waals surface area (Å²) in [7, 11) is 3.34. The van der Waals surface area contributed by atoms with E-state index in [1.807, 2.05) is 6.92 Å². The molecule has 1 atom stereocenters. The summed E-state index contributed by atoms with van der Waals surface area (Å²) in [5.41, 5.74) is 1.45. The van der Waals surface area contributed by atoms with Crippen LogP contribution in [0.1, 0.15) is 40.0 Å². The lowest BCUT2D eigenvalue weighted by atomic mass is 10.0. The summed E-state index contributed by atoms with van der Waals surface area (Å²) >= 11 is 0. The predicted octanol–water partition coefficient (Wildman–Crippen LogP) is 4.96. The Kier molecular flexibility index (Phi) is 8.11. The summed E-state index contributed by atoms with van der Waals surface area (Å²) < 4.78 is 55.2. The molecule has 0 fully saturated rings. The third-order valence-electron chi connectivity index (χ3n) is 5.83. The number of anilines is 1. The molecule has 0 spiro atoms. The fourth-order valence-electron chi connectivity index (χ4n) is 3.66. The lowest BCUT2D eigenvalue weighted by Crippen LogP contribution is -2.27. The van der Waals surface area contributed by atoms with E-state index in [1.54, 1.807) is 49.3 Å². The molecule has 2 amide bonds. The van der Waals surface area contributed by atoms with E-state index in [0.29, 0.717) is 35.4 Å². The second kappa shape index (κ2) is 11.0. The van der Waals surface area contributed by atoms with Gasteiger partial charge in [0.1, 0.15) is 23.3 Å². The van der Waals surface area contributed by atoms with E-state index in [2.05, 4.69) is 5.32 Å². The van der Waals surface area contributed by atoms with Crippen LogP contribution in [0.15, 0.2) is 54.6 Å². The number of nitrogens with one attached hydrogen (secondary N) is 1. The molecule has 0 heterocycles. The van der Waals surface area contributed by atoms with Crippen molar-refractivity contribution >= 4 is 18.0 Å². The number of nitrogens with zero attached hydrogens (tertiary/aromatic N) is 2. The van der Waals surface area contributed by atoms with Crippen LogP contribution in [-0.2, 0) is 17.9 Å². The summed E-state index contributed by atoms with van der Waals surface area (Å²) in [6, 6.07) is 11.8. The molecule has 0 radical (unpaired) electrons. The lowest BCUT2D eigenvalue weighted by molar-refractivity contribution is -0.118. The van der Waals surface area contributed by atoms with Gasteiger partial charge in [-0.1, -0.05) is 24.3 Å². The summed E-state index contributed by atoms with van der Waals surface area (Å²) in [5, 5.41) is 2.44. The van der Waals surface area contributed by atoms with Gasteiger partial charge in [-0.25, -0.2) is 17.6 Å². The van der Waals surface area contributed by atoms with Crippen molar-refractivity contribution in [2.24, 2.45) is 0 Å². The van der Waals surface area contributed by atoms with Crippen LogP contribution >= 0.6 is 0 Å². The van der Waals surface area contributed by atoms with Crippen LogP contribution in [0.2, 0.25) is 0 Å². The van der Waals surface area contributed by atoms with E-state index in [1.165, 1.54) is 17.0 Å². The summed E-state index contributed by atoms with van der Waals surface area (Å²) in [6.07, 6.45) is 0.678. The molecular weight excluding hydrogens is 462 g/mol. The Morgan fingerprint density at radius 2 is 1.63 bits per heavy atom. The molecule has 3 rings (SSSR count). The minimum absolute atomic E-state index is 0.188. The highest BCUT2D eigenvalue weighted by molar-refractivity contribution is 5.95. The molecule has 0 saturated carbocycles. The van der Waals surface area contributed by atoms with Crippen molar-refractivity contribution in [1.82, 2.24) is 10.2 Å². The molecular formula is C26H25F4N3O2. The third kappa shape index (κ3) is 5.98. The number of hydrogen-bond donors (Lipinski definition) is 1. The van der Waals surface area contributed by atoms with E-state index in [0.717, 1.165) is 0 Å². The minimum atomic E-state index is -1.10. The molecule has 1 N–H and O–H groups in total. The average molecular weight is 487 g/mol. The molecule has 0 saturated heterocycles. The van der Waals surface area contributed by atoms with Crippen molar-refractivity contribution in [1.29, 1.82) is 0 Å². The highest BCUT2D eigenvalue weighted by Crippen LogP contribution is 2.31. The first-order valence-electron chi connectivity index (χ1n) is 10.8. The number of hydrogen-bond acceptors (Lipinski definition) is 3. The molecule has 184 valence electrons. The fourth-order valence-corrected chi connectivity index (χ4v) is 3.66.